The molecule has 1 saturated heterocycles. The van der Waals surface area contributed by atoms with E-state index in [0.29, 0.717) is 11.0 Å². The van der Waals surface area contributed by atoms with Gasteiger partial charge in [-0.2, -0.15) is 0 Å². The van der Waals surface area contributed by atoms with Gasteiger partial charge in [0.05, 0.1) is 11.2 Å². The van der Waals surface area contributed by atoms with Gasteiger partial charge in [-0.3, -0.25) is 4.79 Å². The van der Waals surface area contributed by atoms with Crippen LogP contribution in [0.2, 0.25) is 0 Å². The predicted octanol–water partition coefficient (Wildman–Crippen LogP) is 2.33. The smallest absolute Gasteiger partial charge is 0.399 e. The zero-order valence-corrected chi connectivity index (χ0v) is 11.9. The molecular formula is C14H18BFO3. The average molecular weight is 264 g/mol. The van der Waals surface area contributed by atoms with E-state index in [4.69, 9.17) is 9.31 Å². The molecule has 3 nitrogen and oxygen atoms in total. The van der Waals surface area contributed by atoms with Crippen molar-refractivity contribution in [2.45, 2.75) is 45.8 Å². The molecule has 1 fully saturated rings. The average Bonchev–Trinajstić information content (AvgIpc) is 2.47. The van der Waals surface area contributed by atoms with Gasteiger partial charge in [0.15, 0.2) is 5.78 Å². The highest BCUT2D eigenvalue weighted by molar-refractivity contribution is 6.62. The summed E-state index contributed by atoms with van der Waals surface area (Å²) in [5.74, 6) is -0.644. The first-order valence-corrected chi connectivity index (χ1v) is 6.29. The van der Waals surface area contributed by atoms with Gasteiger partial charge >= 0.3 is 7.12 Å². The van der Waals surface area contributed by atoms with E-state index < -0.39 is 24.1 Å². The van der Waals surface area contributed by atoms with E-state index >= 15 is 0 Å². The Kier molecular flexibility index (Phi) is 3.31. The number of hydrogen-bond acceptors (Lipinski definition) is 3. The molecule has 0 N–H and O–H groups in total. The van der Waals surface area contributed by atoms with Crippen molar-refractivity contribution in [3.05, 3.63) is 29.6 Å². The molecule has 1 aromatic rings. The maximum atomic E-state index is 13.6. The number of benzene rings is 1. The predicted molar refractivity (Wildman–Crippen MR) is 72.1 cm³/mol. The first-order chi connectivity index (χ1) is 8.62. The quantitative estimate of drug-likeness (QED) is 0.607. The second-order valence-electron chi connectivity index (χ2n) is 5.92. The minimum absolute atomic E-state index is 0.183. The summed E-state index contributed by atoms with van der Waals surface area (Å²) < 4.78 is 25.2. The third kappa shape index (κ3) is 2.58. The lowest BCUT2D eigenvalue weighted by Gasteiger charge is -2.32. The van der Waals surface area contributed by atoms with Crippen LogP contribution >= 0.6 is 0 Å². The Morgan fingerprint density at radius 2 is 1.63 bits per heavy atom. The van der Waals surface area contributed by atoms with Gasteiger partial charge in [-0.05, 0) is 52.2 Å². The summed E-state index contributed by atoms with van der Waals surface area (Å²) in [7, 11) is -0.654. The van der Waals surface area contributed by atoms with Crippen LogP contribution in [0.1, 0.15) is 45.0 Å². The molecule has 1 aromatic carbocycles. The molecule has 0 radical (unpaired) electrons. The lowest BCUT2D eigenvalue weighted by Crippen LogP contribution is -2.41. The highest BCUT2D eigenvalue weighted by atomic mass is 19.1. The van der Waals surface area contributed by atoms with Crippen LogP contribution in [0.3, 0.4) is 0 Å². The molecule has 0 saturated carbocycles. The molecular weight excluding hydrogens is 246 g/mol. The molecule has 19 heavy (non-hydrogen) atoms. The van der Waals surface area contributed by atoms with E-state index in [-0.39, 0.29) is 5.78 Å². The molecule has 0 spiro atoms. The van der Waals surface area contributed by atoms with Crippen LogP contribution < -0.4 is 5.46 Å². The molecule has 1 aliphatic rings. The number of Topliss-reactive ketones (excluding diaryl/α,β-unsaturated/α-hetero) is 1. The Morgan fingerprint density at radius 3 is 2.11 bits per heavy atom. The summed E-state index contributed by atoms with van der Waals surface area (Å²) in [5, 5.41) is 0. The first kappa shape index (κ1) is 14.2. The van der Waals surface area contributed by atoms with Crippen molar-refractivity contribution >= 4 is 18.4 Å². The fourth-order valence-corrected chi connectivity index (χ4v) is 1.93. The molecule has 0 amide bonds. The van der Waals surface area contributed by atoms with Crippen LogP contribution in [-0.2, 0) is 9.31 Å². The molecule has 0 aromatic heterocycles. The number of halogens is 1. The summed E-state index contributed by atoms with van der Waals surface area (Å²) in [5.41, 5.74) is -0.116. The van der Waals surface area contributed by atoms with E-state index in [9.17, 15) is 9.18 Å². The molecule has 2 rings (SSSR count). The van der Waals surface area contributed by atoms with Crippen molar-refractivity contribution in [3.63, 3.8) is 0 Å². The van der Waals surface area contributed by atoms with E-state index in [1.807, 2.05) is 27.7 Å². The van der Waals surface area contributed by atoms with E-state index in [1.54, 1.807) is 6.07 Å². The number of rotatable bonds is 2. The van der Waals surface area contributed by atoms with Crippen molar-refractivity contribution in [1.82, 2.24) is 0 Å². The van der Waals surface area contributed by atoms with E-state index in [2.05, 4.69) is 0 Å². The van der Waals surface area contributed by atoms with Gasteiger partial charge in [0.2, 0.25) is 0 Å². The molecule has 1 heterocycles. The zero-order valence-electron chi connectivity index (χ0n) is 11.9. The van der Waals surface area contributed by atoms with Gasteiger partial charge < -0.3 is 9.31 Å². The van der Waals surface area contributed by atoms with Gasteiger partial charge in [0, 0.05) is 5.56 Å². The zero-order chi connectivity index (χ0) is 14.4. The third-order valence-electron chi connectivity index (χ3n) is 3.85. The Labute approximate surface area is 113 Å². The van der Waals surface area contributed by atoms with Gasteiger partial charge in [-0.15, -0.1) is 0 Å². The van der Waals surface area contributed by atoms with Crippen LogP contribution in [0.15, 0.2) is 18.2 Å². The SMILES string of the molecule is CC(=O)c1cc(F)cc(B2OC(C)(C)C(C)(C)O2)c1. The first-order valence-electron chi connectivity index (χ1n) is 6.29. The molecule has 102 valence electrons. The fraction of sp³-hybridized carbons (Fsp3) is 0.500. The Balaban J connectivity index is 2.37. The molecule has 1 aliphatic heterocycles. The van der Waals surface area contributed by atoms with Gasteiger partial charge in [0.25, 0.3) is 0 Å². The van der Waals surface area contributed by atoms with Crippen LogP contribution in [0.25, 0.3) is 0 Å². The summed E-state index contributed by atoms with van der Waals surface area (Å²) in [4.78, 5) is 11.4. The second-order valence-corrected chi connectivity index (χ2v) is 5.92. The van der Waals surface area contributed by atoms with Crippen LogP contribution in [0.5, 0.6) is 0 Å². The van der Waals surface area contributed by atoms with Crippen molar-refractivity contribution in [2.24, 2.45) is 0 Å². The summed E-state index contributed by atoms with van der Waals surface area (Å²) in [6.45, 7) is 9.12. The topological polar surface area (TPSA) is 35.5 Å². The van der Waals surface area contributed by atoms with Crippen molar-refractivity contribution in [2.75, 3.05) is 0 Å². The normalized spacial score (nSPS) is 20.6. The van der Waals surface area contributed by atoms with Crippen LogP contribution in [-0.4, -0.2) is 24.1 Å². The summed E-state index contributed by atoms with van der Waals surface area (Å²) in [6.07, 6.45) is 0. The summed E-state index contributed by atoms with van der Waals surface area (Å²) in [6, 6.07) is 4.18. The number of hydrogen-bond donors (Lipinski definition) is 0. The van der Waals surface area contributed by atoms with E-state index in [1.165, 1.54) is 19.1 Å². The second kappa shape index (κ2) is 4.42. The van der Waals surface area contributed by atoms with Crippen molar-refractivity contribution < 1.29 is 18.5 Å². The molecule has 0 unspecified atom stereocenters. The van der Waals surface area contributed by atoms with Crippen LogP contribution in [0.4, 0.5) is 4.39 Å². The fourth-order valence-electron chi connectivity index (χ4n) is 1.93. The largest absolute Gasteiger partial charge is 0.494 e. The number of carbonyl (C=O) groups excluding carboxylic acids is 1. The Morgan fingerprint density at radius 1 is 1.11 bits per heavy atom. The molecule has 5 heteroatoms. The molecule has 0 aliphatic carbocycles. The lowest BCUT2D eigenvalue weighted by molar-refractivity contribution is 0.00578. The minimum atomic E-state index is -0.654. The van der Waals surface area contributed by atoms with Gasteiger partial charge in [0.1, 0.15) is 5.82 Å². The number of ketones is 1. The van der Waals surface area contributed by atoms with Gasteiger partial charge in [-0.1, -0.05) is 6.07 Å². The van der Waals surface area contributed by atoms with Crippen molar-refractivity contribution in [1.29, 1.82) is 0 Å². The highest BCUT2D eigenvalue weighted by Gasteiger charge is 2.51. The standard InChI is InChI=1S/C14H18BFO3/c1-9(17)10-6-11(8-12(16)7-10)15-18-13(2,3)14(4,5)19-15/h6-8H,1-5H3. The van der Waals surface area contributed by atoms with Crippen molar-refractivity contribution in [3.8, 4) is 0 Å². The number of carbonyl (C=O) groups is 1. The highest BCUT2D eigenvalue weighted by Crippen LogP contribution is 2.36. The molecule has 0 bridgehead atoms. The maximum absolute atomic E-state index is 13.6. The Hall–Kier alpha value is -1.20. The maximum Gasteiger partial charge on any atom is 0.494 e. The summed E-state index contributed by atoms with van der Waals surface area (Å²) >= 11 is 0. The Bertz CT molecular complexity index is 509. The van der Waals surface area contributed by atoms with E-state index in [0.717, 1.165) is 0 Å². The van der Waals surface area contributed by atoms with Gasteiger partial charge in [-0.25, -0.2) is 4.39 Å². The molecule has 0 atom stereocenters. The third-order valence-corrected chi connectivity index (χ3v) is 3.85. The minimum Gasteiger partial charge on any atom is -0.399 e. The lowest BCUT2D eigenvalue weighted by atomic mass is 9.78. The van der Waals surface area contributed by atoms with Crippen LogP contribution in [0, 0.1) is 5.82 Å². The monoisotopic (exact) mass is 264 g/mol.